The number of nitro groups is 1. The molecule has 0 atom stereocenters. The van der Waals surface area contributed by atoms with Gasteiger partial charge in [-0.3, -0.25) is 15.3 Å². The number of hydrogen-bond acceptors (Lipinski definition) is 5. The number of nitrogens with zero attached hydrogens (tertiary/aromatic N) is 1. The second kappa shape index (κ2) is 8.02. The molecular weight excluding hydrogens is 262 g/mol. The van der Waals surface area contributed by atoms with E-state index in [1.807, 2.05) is 30.3 Å². The van der Waals surface area contributed by atoms with Gasteiger partial charge in [-0.15, -0.1) is 0 Å². The van der Waals surface area contributed by atoms with Crippen molar-refractivity contribution in [2.75, 3.05) is 0 Å². The van der Waals surface area contributed by atoms with Gasteiger partial charge in [-0.25, -0.2) is 0 Å². The summed E-state index contributed by atoms with van der Waals surface area (Å²) in [5.41, 5.74) is 1.01. The first-order valence-corrected chi connectivity index (χ1v) is 6.22. The van der Waals surface area contributed by atoms with Gasteiger partial charge < -0.3 is 5.41 Å². The van der Waals surface area contributed by atoms with E-state index in [0.29, 0.717) is 4.90 Å². The van der Waals surface area contributed by atoms with E-state index in [4.69, 9.17) is 10.5 Å². The van der Waals surface area contributed by atoms with Gasteiger partial charge in [0.15, 0.2) is 0 Å². The van der Waals surface area contributed by atoms with Crippen molar-refractivity contribution in [3.63, 3.8) is 0 Å². The summed E-state index contributed by atoms with van der Waals surface area (Å²) in [6, 6.07) is 15.9. The third kappa shape index (κ3) is 4.90. The first kappa shape index (κ1) is 14.9. The van der Waals surface area contributed by atoms with E-state index in [-0.39, 0.29) is 5.69 Å². The van der Waals surface area contributed by atoms with Crippen LogP contribution < -0.4 is 5.14 Å². The van der Waals surface area contributed by atoms with Gasteiger partial charge in [0, 0.05) is 12.3 Å². The molecule has 19 heavy (non-hydrogen) atoms. The van der Waals surface area contributed by atoms with Gasteiger partial charge in [-0.1, -0.05) is 42.5 Å². The Balaban J connectivity index is 0.000000200. The fraction of sp³-hybridized carbons (Fsp3) is 0. The van der Waals surface area contributed by atoms with E-state index in [9.17, 15) is 10.1 Å². The zero-order valence-corrected chi connectivity index (χ0v) is 10.8. The van der Waals surface area contributed by atoms with Crippen LogP contribution in [0.1, 0.15) is 5.56 Å². The molecule has 3 N–H and O–H groups in total. The average Bonchev–Trinajstić information content (AvgIpc) is 2.48. The van der Waals surface area contributed by atoms with E-state index < -0.39 is 4.92 Å². The molecule has 2 aromatic carbocycles. The van der Waals surface area contributed by atoms with Crippen LogP contribution in [0, 0.1) is 15.5 Å². The van der Waals surface area contributed by atoms with Crippen molar-refractivity contribution in [3.8, 4) is 0 Å². The SMILES string of the molecule is N=Cc1ccccc1.NSc1ccccc1[N+](=O)[O-]. The minimum atomic E-state index is -0.449. The minimum absolute atomic E-state index is 0.0556. The molecule has 0 spiro atoms. The van der Waals surface area contributed by atoms with Crippen LogP contribution in [0.4, 0.5) is 5.69 Å². The Morgan fingerprint density at radius 1 is 1.11 bits per heavy atom. The van der Waals surface area contributed by atoms with Crippen molar-refractivity contribution in [2.24, 2.45) is 5.14 Å². The van der Waals surface area contributed by atoms with E-state index in [2.05, 4.69) is 0 Å². The van der Waals surface area contributed by atoms with E-state index in [0.717, 1.165) is 17.5 Å². The third-order valence-electron chi connectivity index (χ3n) is 2.16. The highest BCUT2D eigenvalue weighted by Crippen LogP contribution is 2.24. The highest BCUT2D eigenvalue weighted by Gasteiger charge is 2.10. The number of hydrogen-bond donors (Lipinski definition) is 2. The molecule has 0 unspecified atom stereocenters. The van der Waals surface area contributed by atoms with Crippen LogP contribution in [-0.2, 0) is 0 Å². The van der Waals surface area contributed by atoms with Gasteiger partial charge in [0.05, 0.1) is 4.92 Å². The van der Waals surface area contributed by atoms with Crippen LogP contribution in [0.15, 0.2) is 59.5 Å². The highest BCUT2D eigenvalue weighted by molar-refractivity contribution is 7.97. The maximum absolute atomic E-state index is 10.3. The monoisotopic (exact) mass is 275 g/mol. The summed E-state index contributed by atoms with van der Waals surface area (Å²) >= 11 is 0.882. The van der Waals surface area contributed by atoms with E-state index >= 15 is 0 Å². The van der Waals surface area contributed by atoms with Crippen molar-refractivity contribution in [1.82, 2.24) is 0 Å². The van der Waals surface area contributed by atoms with Crippen molar-refractivity contribution >= 4 is 23.8 Å². The Bertz CT molecular complexity index is 547. The molecule has 0 aliphatic rings. The maximum Gasteiger partial charge on any atom is 0.284 e. The molecule has 6 heteroatoms. The summed E-state index contributed by atoms with van der Waals surface area (Å²) in [6.07, 6.45) is 1.33. The predicted octanol–water partition coefficient (Wildman–Crippen LogP) is 3.24. The third-order valence-corrected chi connectivity index (χ3v) is 2.75. The lowest BCUT2D eigenvalue weighted by atomic mass is 10.2. The minimum Gasteiger partial charge on any atom is -0.308 e. The van der Waals surface area contributed by atoms with Gasteiger partial charge in [0.1, 0.15) is 4.90 Å². The largest absolute Gasteiger partial charge is 0.308 e. The molecule has 0 saturated carbocycles. The zero-order valence-electron chi connectivity index (χ0n) is 10.0. The lowest BCUT2D eigenvalue weighted by Gasteiger charge is -1.95. The van der Waals surface area contributed by atoms with Crippen LogP contribution >= 0.6 is 11.9 Å². The summed E-state index contributed by atoms with van der Waals surface area (Å²) in [5.74, 6) is 0. The van der Waals surface area contributed by atoms with Crippen LogP contribution in [-0.4, -0.2) is 11.1 Å². The molecule has 98 valence electrons. The summed E-state index contributed by atoms with van der Waals surface area (Å²) in [7, 11) is 0. The van der Waals surface area contributed by atoms with Crippen LogP contribution in [0.25, 0.3) is 0 Å². The summed E-state index contributed by atoms with van der Waals surface area (Å²) < 4.78 is 0. The Hall–Kier alpha value is -2.18. The normalized spacial score (nSPS) is 9.11. The first-order valence-electron chi connectivity index (χ1n) is 5.34. The van der Waals surface area contributed by atoms with Crippen molar-refractivity contribution < 1.29 is 4.92 Å². The van der Waals surface area contributed by atoms with Crippen LogP contribution in [0.5, 0.6) is 0 Å². The molecule has 0 aliphatic heterocycles. The Morgan fingerprint density at radius 2 is 1.68 bits per heavy atom. The lowest BCUT2D eigenvalue weighted by molar-refractivity contribution is -0.387. The van der Waals surface area contributed by atoms with E-state index in [1.54, 1.807) is 18.2 Å². The summed E-state index contributed by atoms with van der Waals surface area (Å²) in [5, 5.41) is 22.3. The van der Waals surface area contributed by atoms with Gasteiger partial charge in [-0.2, -0.15) is 0 Å². The molecule has 0 heterocycles. The maximum atomic E-state index is 10.3. The quantitative estimate of drug-likeness (QED) is 0.389. The molecule has 0 aromatic heterocycles. The second-order valence-corrected chi connectivity index (χ2v) is 4.07. The molecule has 2 aromatic rings. The fourth-order valence-corrected chi connectivity index (χ4v) is 1.68. The van der Waals surface area contributed by atoms with E-state index in [1.165, 1.54) is 12.3 Å². The number of para-hydroxylation sites is 1. The Labute approximate surface area is 115 Å². The van der Waals surface area contributed by atoms with Crippen molar-refractivity contribution in [3.05, 3.63) is 70.3 Å². The van der Waals surface area contributed by atoms with Gasteiger partial charge >= 0.3 is 0 Å². The highest BCUT2D eigenvalue weighted by atomic mass is 32.2. The van der Waals surface area contributed by atoms with Gasteiger partial charge in [0.2, 0.25) is 0 Å². The number of nitro benzene ring substituents is 1. The molecule has 0 fully saturated rings. The number of benzene rings is 2. The predicted molar refractivity (Wildman–Crippen MR) is 77.5 cm³/mol. The molecule has 2 rings (SSSR count). The standard InChI is InChI=1S/C7H7N.C6H6N2O2S/c8-6-7-4-2-1-3-5-7;7-11-6-4-2-1-3-5(6)8(9)10/h1-6,8H;1-4H,7H2. The molecule has 0 bridgehead atoms. The Morgan fingerprint density at radius 3 is 2.11 bits per heavy atom. The molecule has 0 saturated heterocycles. The lowest BCUT2D eigenvalue weighted by Crippen LogP contribution is -1.91. The number of rotatable bonds is 3. The summed E-state index contributed by atoms with van der Waals surface area (Å²) in [6.45, 7) is 0. The molecule has 5 nitrogen and oxygen atoms in total. The zero-order chi connectivity index (χ0) is 14.1. The molecule has 0 aliphatic carbocycles. The number of nitrogens with one attached hydrogen (secondary N) is 1. The van der Waals surface area contributed by atoms with Crippen molar-refractivity contribution in [1.29, 1.82) is 5.41 Å². The second-order valence-electron chi connectivity index (χ2n) is 3.40. The molecular formula is C13H13N3O2S. The first-order chi connectivity index (χ1) is 9.19. The van der Waals surface area contributed by atoms with Crippen molar-refractivity contribution in [2.45, 2.75) is 4.90 Å². The number of nitrogens with two attached hydrogens (primary N) is 1. The molecule has 0 amide bonds. The molecule has 0 radical (unpaired) electrons. The summed E-state index contributed by atoms with van der Waals surface area (Å²) in [4.78, 5) is 10.4. The van der Waals surface area contributed by atoms with Gasteiger partial charge in [-0.05, 0) is 23.6 Å². The van der Waals surface area contributed by atoms with Gasteiger partial charge in [0.25, 0.3) is 5.69 Å². The topological polar surface area (TPSA) is 93.0 Å². The smallest absolute Gasteiger partial charge is 0.284 e. The fourth-order valence-electron chi connectivity index (χ4n) is 1.26. The van der Waals surface area contributed by atoms with Crippen LogP contribution in [0.2, 0.25) is 0 Å². The van der Waals surface area contributed by atoms with Crippen LogP contribution in [0.3, 0.4) is 0 Å². The Kier molecular flexibility index (Phi) is 6.28. The average molecular weight is 275 g/mol.